The maximum atomic E-state index is 13.4. The van der Waals surface area contributed by atoms with Gasteiger partial charge in [-0.2, -0.15) is 0 Å². The number of benzene rings is 1. The molecular formula is C16H14FNO2S. The molecule has 0 aliphatic heterocycles. The van der Waals surface area contributed by atoms with Crippen LogP contribution in [0.15, 0.2) is 29.6 Å². The summed E-state index contributed by atoms with van der Waals surface area (Å²) in [5, 5.41) is 13.2. The molecule has 0 radical (unpaired) electrons. The highest BCUT2D eigenvalue weighted by molar-refractivity contribution is 7.10. The van der Waals surface area contributed by atoms with Crippen LogP contribution in [-0.2, 0) is 6.54 Å². The van der Waals surface area contributed by atoms with E-state index in [1.807, 2.05) is 11.4 Å². The number of aliphatic hydroxyl groups excluding tert-OH is 1. The summed E-state index contributed by atoms with van der Waals surface area (Å²) in [6.45, 7) is 1.83. The average molecular weight is 303 g/mol. The first-order valence-electron chi connectivity index (χ1n) is 6.31. The average Bonchev–Trinajstić information content (AvgIpc) is 2.93. The number of hydrogen-bond donors (Lipinski definition) is 2. The molecule has 0 atom stereocenters. The highest BCUT2D eigenvalue weighted by atomic mass is 32.1. The van der Waals surface area contributed by atoms with E-state index in [1.165, 1.54) is 17.4 Å². The number of carbonyl (C=O) groups excluding carboxylic acids is 1. The molecule has 3 nitrogen and oxygen atoms in total. The quantitative estimate of drug-likeness (QED) is 0.856. The van der Waals surface area contributed by atoms with Gasteiger partial charge in [0, 0.05) is 21.4 Å². The summed E-state index contributed by atoms with van der Waals surface area (Å²) in [5.41, 5.74) is 1.62. The van der Waals surface area contributed by atoms with Crippen LogP contribution in [0.3, 0.4) is 0 Å². The van der Waals surface area contributed by atoms with E-state index < -0.39 is 0 Å². The Morgan fingerprint density at radius 2 is 2.24 bits per heavy atom. The van der Waals surface area contributed by atoms with Crippen LogP contribution in [0.25, 0.3) is 0 Å². The number of thiophene rings is 1. The van der Waals surface area contributed by atoms with Crippen molar-refractivity contribution in [1.29, 1.82) is 0 Å². The van der Waals surface area contributed by atoms with Crippen molar-refractivity contribution >= 4 is 17.2 Å². The van der Waals surface area contributed by atoms with E-state index >= 15 is 0 Å². The normalized spacial score (nSPS) is 9.86. The molecule has 1 heterocycles. The molecule has 21 heavy (non-hydrogen) atoms. The summed E-state index contributed by atoms with van der Waals surface area (Å²) in [6, 6.07) is 6.26. The van der Waals surface area contributed by atoms with Crippen molar-refractivity contribution in [1.82, 2.24) is 5.32 Å². The number of amides is 1. The number of aryl methyl sites for hydroxylation is 1. The molecule has 2 aromatic rings. The zero-order chi connectivity index (χ0) is 15.2. The molecule has 0 saturated carbocycles. The van der Waals surface area contributed by atoms with Gasteiger partial charge in [-0.3, -0.25) is 4.79 Å². The zero-order valence-electron chi connectivity index (χ0n) is 11.4. The minimum atomic E-state index is -0.389. The fraction of sp³-hybridized carbons (Fsp3) is 0.188. The van der Waals surface area contributed by atoms with Crippen LogP contribution in [-0.4, -0.2) is 17.6 Å². The summed E-state index contributed by atoms with van der Waals surface area (Å²) in [5.74, 6) is 4.66. The van der Waals surface area contributed by atoms with Gasteiger partial charge in [-0.15, -0.1) is 11.3 Å². The third-order valence-corrected chi connectivity index (χ3v) is 3.76. The fourth-order valence-electron chi connectivity index (χ4n) is 1.68. The van der Waals surface area contributed by atoms with Crippen LogP contribution >= 0.6 is 11.3 Å². The Morgan fingerprint density at radius 3 is 2.95 bits per heavy atom. The Labute approximate surface area is 126 Å². The lowest BCUT2D eigenvalue weighted by Gasteiger charge is -2.04. The van der Waals surface area contributed by atoms with E-state index in [4.69, 9.17) is 5.11 Å². The number of hydrogen-bond acceptors (Lipinski definition) is 3. The molecule has 1 aromatic carbocycles. The highest BCUT2D eigenvalue weighted by Crippen LogP contribution is 2.14. The molecule has 0 aliphatic carbocycles. The number of aliphatic hydroxyl groups is 1. The second-order valence-corrected chi connectivity index (χ2v) is 5.40. The SMILES string of the molecule is Cc1ccc(C(=O)NCc2cc(C#CCO)cs2)cc1F. The lowest BCUT2D eigenvalue weighted by molar-refractivity contribution is 0.0951. The predicted octanol–water partition coefficient (Wildman–Crippen LogP) is 2.47. The van der Waals surface area contributed by atoms with Crippen molar-refractivity contribution in [3.05, 3.63) is 57.0 Å². The second kappa shape index (κ2) is 7.02. The van der Waals surface area contributed by atoms with Crippen molar-refractivity contribution in [2.24, 2.45) is 0 Å². The summed E-state index contributed by atoms with van der Waals surface area (Å²) in [6.07, 6.45) is 0. The molecule has 2 rings (SSSR count). The van der Waals surface area contributed by atoms with Crippen molar-refractivity contribution in [3.63, 3.8) is 0 Å². The van der Waals surface area contributed by atoms with Crippen LogP contribution in [0.1, 0.15) is 26.4 Å². The summed E-state index contributed by atoms with van der Waals surface area (Å²) in [4.78, 5) is 12.9. The lowest BCUT2D eigenvalue weighted by Crippen LogP contribution is -2.22. The van der Waals surface area contributed by atoms with Gasteiger partial charge in [-0.1, -0.05) is 17.9 Å². The molecule has 108 valence electrons. The van der Waals surface area contributed by atoms with Crippen LogP contribution in [0.4, 0.5) is 4.39 Å². The monoisotopic (exact) mass is 303 g/mol. The topological polar surface area (TPSA) is 49.3 Å². The Balaban J connectivity index is 1.97. The molecule has 0 spiro atoms. The minimum Gasteiger partial charge on any atom is -0.384 e. The van der Waals surface area contributed by atoms with Gasteiger partial charge in [0.25, 0.3) is 5.91 Å². The van der Waals surface area contributed by atoms with Gasteiger partial charge in [0.2, 0.25) is 0 Å². The zero-order valence-corrected chi connectivity index (χ0v) is 12.3. The van der Waals surface area contributed by atoms with Gasteiger partial charge in [-0.05, 0) is 30.7 Å². The third-order valence-electron chi connectivity index (χ3n) is 2.82. The molecule has 2 N–H and O–H groups in total. The van der Waals surface area contributed by atoms with Gasteiger partial charge in [0.15, 0.2) is 0 Å². The fourth-order valence-corrected chi connectivity index (χ4v) is 2.44. The van der Waals surface area contributed by atoms with E-state index in [0.29, 0.717) is 17.7 Å². The largest absolute Gasteiger partial charge is 0.384 e. The van der Waals surface area contributed by atoms with Gasteiger partial charge >= 0.3 is 0 Å². The Kier molecular flexibility index (Phi) is 5.09. The Morgan fingerprint density at radius 1 is 1.43 bits per heavy atom. The van der Waals surface area contributed by atoms with Gasteiger partial charge in [0.1, 0.15) is 12.4 Å². The molecule has 0 aliphatic rings. The molecule has 0 fully saturated rings. The molecule has 1 amide bonds. The van der Waals surface area contributed by atoms with E-state index in [-0.39, 0.29) is 18.3 Å². The Hall–Kier alpha value is -2.16. The first kappa shape index (κ1) is 15.2. The van der Waals surface area contributed by atoms with E-state index in [0.717, 1.165) is 10.4 Å². The maximum Gasteiger partial charge on any atom is 0.251 e. The molecule has 0 unspecified atom stereocenters. The van der Waals surface area contributed by atoms with Crippen LogP contribution in [0, 0.1) is 24.6 Å². The maximum absolute atomic E-state index is 13.4. The number of halogens is 1. The summed E-state index contributed by atoms with van der Waals surface area (Å²) >= 11 is 1.47. The third kappa shape index (κ3) is 4.15. The molecule has 1 aromatic heterocycles. The summed E-state index contributed by atoms with van der Waals surface area (Å²) in [7, 11) is 0. The molecule has 0 bridgehead atoms. The summed E-state index contributed by atoms with van der Waals surface area (Å²) < 4.78 is 13.4. The number of rotatable bonds is 3. The Bertz CT molecular complexity index is 713. The second-order valence-electron chi connectivity index (χ2n) is 4.41. The van der Waals surface area contributed by atoms with Gasteiger partial charge in [-0.25, -0.2) is 4.39 Å². The number of carbonyl (C=O) groups is 1. The molecule has 5 heteroatoms. The predicted molar refractivity (Wildman–Crippen MR) is 80.6 cm³/mol. The first-order chi connectivity index (χ1) is 10.1. The van der Waals surface area contributed by atoms with E-state index in [9.17, 15) is 9.18 Å². The van der Waals surface area contributed by atoms with Gasteiger partial charge < -0.3 is 10.4 Å². The standard InChI is InChI=1S/C16H14FNO2S/c1-11-4-5-13(8-15(11)17)16(20)18-9-14-7-12(10-21-14)3-2-6-19/h4-5,7-8,10,19H,6,9H2,1H3,(H,18,20). The van der Waals surface area contributed by atoms with Crippen molar-refractivity contribution < 1.29 is 14.3 Å². The molecule has 0 saturated heterocycles. The van der Waals surface area contributed by atoms with Crippen molar-refractivity contribution in [3.8, 4) is 11.8 Å². The van der Waals surface area contributed by atoms with Crippen LogP contribution in [0.5, 0.6) is 0 Å². The van der Waals surface area contributed by atoms with Crippen LogP contribution in [0.2, 0.25) is 0 Å². The van der Waals surface area contributed by atoms with Crippen molar-refractivity contribution in [2.75, 3.05) is 6.61 Å². The first-order valence-corrected chi connectivity index (χ1v) is 7.19. The smallest absolute Gasteiger partial charge is 0.251 e. The number of nitrogens with one attached hydrogen (secondary N) is 1. The van der Waals surface area contributed by atoms with Crippen LogP contribution < -0.4 is 5.32 Å². The lowest BCUT2D eigenvalue weighted by atomic mass is 10.1. The minimum absolute atomic E-state index is 0.180. The molecular weight excluding hydrogens is 289 g/mol. The highest BCUT2D eigenvalue weighted by Gasteiger charge is 2.08. The van der Waals surface area contributed by atoms with E-state index in [1.54, 1.807) is 19.1 Å². The van der Waals surface area contributed by atoms with E-state index in [2.05, 4.69) is 17.2 Å². The van der Waals surface area contributed by atoms with Crippen molar-refractivity contribution in [2.45, 2.75) is 13.5 Å². The van der Waals surface area contributed by atoms with Gasteiger partial charge in [0.05, 0.1) is 6.54 Å².